The summed E-state index contributed by atoms with van der Waals surface area (Å²) in [5.74, 6) is 0.482. The molecule has 1 heterocycles. The van der Waals surface area contributed by atoms with Crippen molar-refractivity contribution < 1.29 is 14.3 Å². The first kappa shape index (κ1) is 18.0. The third-order valence-electron chi connectivity index (χ3n) is 3.96. The second kappa shape index (κ2) is 8.52. The van der Waals surface area contributed by atoms with Crippen LogP contribution in [0.5, 0.6) is 5.75 Å². The zero-order valence-electron chi connectivity index (χ0n) is 14.0. The zero-order valence-corrected chi connectivity index (χ0v) is 14.8. The largest absolute Gasteiger partial charge is 0.495 e. The molecule has 1 aliphatic rings. The number of ether oxygens (including phenoxy) is 2. The van der Waals surface area contributed by atoms with Gasteiger partial charge in [0.15, 0.2) is 0 Å². The van der Waals surface area contributed by atoms with E-state index in [-0.39, 0.29) is 12.0 Å². The predicted octanol–water partition coefficient (Wildman–Crippen LogP) is 3.10. The number of methoxy groups -OCH3 is 1. The highest BCUT2D eigenvalue weighted by atomic mass is 35.5. The summed E-state index contributed by atoms with van der Waals surface area (Å²) in [5.41, 5.74) is 1.54. The number of carbonyl (C=O) groups excluding carboxylic acids is 1. The lowest BCUT2D eigenvalue weighted by Crippen LogP contribution is -2.37. The number of amides is 1. The summed E-state index contributed by atoms with van der Waals surface area (Å²) >= 11 is 6.08. The molecule has 6 heteroatoms. The van der Waals surface area contributed by atoms with Gasteiger partial charge in [-0.2, -0.15) is 0 Å². The van der Waals surface area contributed by atoms with Gasteiger partial charge in [-0.25, -0.2) is 0 Å². The summed E-state index contributed by atoms with van der Waals surface area (Å²) in [6, 6.07) is 3.54. The maximum absolute atomic E-state index is 12.2. The third-order valence-corrected chi connectivity index (χ3v) is 4.36. The van der Waals surface area contributed by atoms with Gasteiger partial charge in [0.1, 0.15) is 5.75 Å². The summed E-state index contributed by atoms with van der Waals surface area (Å²) < 4.78 is 11.0. The SMILES string of the molecule is COc1cc(Cl)c(C)cc1NC(=O)CN(C)CC1CCCCO1. The van der Waals surface area contributed by atoms with E-state index in [0.717, 1.165) is 31.6 Å². The van der Waals surface area contributed by atoms with Gasteiger partial charge in [0, 0.05) is 24.2 Å². The van der Waals surface area contributed by atoms with Crippen molar-refractivity contribution in [2.24, 2.45) is 0 Å². The fourth-order valence-corrected chi connectivity index (χ4v) is 2.88. The topological polar surface area (TPSA) is 50.8 Å². The lowest BCUT2D eigenvalue weighted by atomic mass is 10.1. The van der Waals surface area contributed by atoms with Gasteiger partial charge >= 0.3 is 0 Å². The Bertz CT molecular complexity index is 545. The normalized spacial score (nSPS) is 18.0. The molecular weight excluding hydrogens is 316 g/mol. The summed E-state index contributed by atoms with van der Waals surface area (Å²) in [5, 5.41) is 3.51. The number of halogens is 1. The minimum Gasteiger partial charge on any atom is -0.495 e. The van der Waals surface area contributed by atoms with E-state index in [1.54, 1.807) is 13.2 Å². The minimum absolute atomic E-state index is 0.0802. The Labute approximate surface area is 142 Å². The summed E-state index contributed by atoms with van der Waals surface area (Å²) in [6.07, 6.45) is 3.63. The van der Waals surface area contributed by atoms with Crippen molar-refractivity contribution in [3.8, 4) is 5.75 Å². The van der Waals surface area contributed by atoms with Crippen molar-refractivity contribution in [2.75, 3.05) is 39.2 Å². The third kappa shape index (κ3) is 5.37. The average molecular weight is 341 g/mol. The summed E-state index contributed by atoms with van der Waals surface area (Å²) in [7, 11) is 3.49. The van der Waals surface area contributed by atoms with Crippen molar-refractivity contribution in [1.82, 2.24) is 4.90 Å². The van der Waals surface area contributed by atoms with E-state index < -0.39 is 0 Å². The van der Waals surface area contributed by atoms with Crippen molar-refractivity contribution in [3.63, 3.8) is 0 Å². The average Bonchev–Trinajstić information content (AvgIpc) is 2.51. The number of nitrogens with zero attached hydrogens (tertiary/aromatic N) is 1. The Morgan fingerprint density at radius 3 is 2.91 bits per heavy atom. The van der Waals surface area contributed by atoms with Crippen LogP contribution >= 0.6 is 11.6 Å². The molecule has 1 fully saturated rings. The molecule has 1 saturated heterocycles. The second-order valence-corrected chi connectivity index (χ2v) is 6.44. The van der Waals surface area contributed by atoms with Crippen LogP contribution in [0.25, 0.3) is 0 Å². The quantitative estimate of drug-likeness (QED) is 0.864. The van der Waals surface area contributed by atoms with Crippen LogP contribution in [0.1, 0.15) is 24.8 Å². The molecule has 0 radical (unpaired) electrons. The Morgan fingerprint density at radius 1 is 1.48 bits per heavy atom. The highest BCUT2D eigenvalue weighted by Gasteiger charge is 2.18. The first-order valence-corrected chi connectivity index (χ1v) is 8.31. The van der Waals surface area contributed by atoms with E-state index in [1.165, 1.54) is 6.42 Å². The van der Waals surface area contributed by atoms with Crippen LogP contribution in [-0.4, -0.2) is 50.8 Å². The van der Waals surface area contributed by atoms with Crippen LogP contribution < -0.4 is 10.1 Å². The van der Waals surface area contributed by atoms with Crippen LogP contribution in [0.4, 0.5) is 5.69 Å². The molecule has 0 saturated carbocycles. The smallest absolute Gasteiger partial charge is 0.238 e. The molecule has 0 aromatic heterocycles. The monoisotopic (exact) mass is 340 g/mol. The molecule has 2 rings (SSSR count). The van der Waals surface area contributed by atoms with Gasteiger partial charge in [-0.05, 0) is 44.9 Å². The van der Waals surface area contributed by atoms with E-state index in [4.69, 9.17) is 21.1 Å². The molecule has 0 spiro atoms. The molecule has 1 unspecified atom stereocenters. The lowest BCUT2D eigenvalue weighted by molar-refractivity contribution is -0.117. The van der Waals surface area contributed by atoms with Gasteiger partial charge in [-0.1, -0.05) is 11.6 Å². The molecule has 1 atom stereocenters. The van der Waals surface area contributed by atoms with Gasteiger partial charge < -0.3 is 14.8 Å². The number of hydrogen-bond donors (Lipinski definition) is 1. The van der Waals surface area contributed by atoms with Gasteiger partial charge in [0.25, 0.3) is 0 Å². The maximum atomic E-state index is 12.2. The number of carbonyl (C=O) groups is 1. The molecule has 23 heavy (non-hydrogen) atoms. The fraction of sp³-hybridized carbons (Fsp3) is 0.588. The van der Waals surface area contributed by atoms with E-state index >= 15 is 0 Å². The zero-order chi connectivity index (χ0) is 16.8. The number of nitrogens with one attached hydrogen (secondary N) is 1. The number of benzene rings is 1. The van der Waals surface area contributed by atoms with Crippen LogP contribution in [0.2, 0.25) is 5.02 Å². The molecule has 0 bridgehead atoms. The van der Waals surface area contributed by atoms with Crippen molar-refractivity contribution in [2.45, 2.75) is 32.3 Å². The van der Waals surface area contributed by atoms with Crippen LogP contribution in [0.3, 0.4) is 0 Å². The van der Waals surface area contributed by atoms with Gasteiger partial charge in [0.2, 0.25) is 5.91 Å². The minimum atomic E-state index is -0.0802. The van der Waals surface area contributed by atoms with Crippen molar-refractivity contribution in [1.29, 1.82) is 0 Å². The first-order valence-electron chi connectivity index (χ1n) is 7.93. The number of anilines is 1. The molecule has 5 nitrogen and oxygen atoms in total. The second-order valence-electron chi connectivity index (χ2n) is 6.04. The highest BCUT2D eigenvalue weighted by Crippen LogP contribution is 2.30. The fourth-order valence-electron chi connectivity index (χ4n) is 2.73. The number of aryl methyl sites for hydroxylation is 1. The Morgan fingerprint density at radius 2 is 2.26 bits per heavy atom. The van der Waals surface area contributed by atoms with E-state index in [0.29, 0.717) is 23.0 Å². The molecule has 0 aliphatic carbocycles. The van der Waals surface area contributed by atoms with Crippen molar-refractivity contribution in [3.05, 3.63) is 22.7 Å². The summed E-state index contributed by atoms with van der Waals surface area (Å²) in [6.45, 7) is 3.80. The summed E-state index contributed by atoms with van der Waals surface area (Å²) in [4.78, 5) is 14.2. The molecule has 1 N–H and O–H groups in total. The van der Waals surface area contributed by atoms with Gasteiger partial charge in [-0.15, -0.1) is 0 Å². The van der Waals surface area contributed by atoms with E-state index in [9.17, 15) is 4.79 Å². The maximum Gasteiger partial charge on any atom is 0.238 e. The number of likely N-dealkylation sites (N-methyl/N-ethyl adjacent to an activating group) is 1. The van der Waals surface area contributed by atoms with Crippen molar-refractivity contribution >= 4 is 23.2 Å². The molecule has 128 valence electrons. The van der Waals surface area contributed by atoms with Gasteiger partial charge in [-0.3, -0.25) is 9.69 Å². The first-order chi connectivity index (χ1) is 11.0. The molecule has 1 aliphatic heterocycles. The standard InChI is InChI=1S/C17H25ClN2O3/c1-12-8-15(16(22-3)9-14(12)18)19-17(21)11-20(2)10-13-6-4-5-7-23-13/h8-9,13H,4-7,10-11H2,1-3H3,(H,19,21). The molecule has 1 aromatic rings. The van der Waals surface area contributed by atoms with E-state index in [1.807, 2.05) is 24.9 Å². The Hall–Kier alpha value is -1.30. The number of hydrogen-bond acceptors (Lipinski definition) is 4. The molecule has 1 aromatic carbocycles. The lowest BCUT2D eigenvalue weighted by Gasteiger charge is -2.27. The predicted molar refractivity (Wildman–Crippen MR) is 92.5 cm³/mol. The van der Waals surface area contributed by atoms with Crippen LogP contribution in [0.15, 0.2) is 12.1 Å². The Kier molecular flexibility index (Phi) is 6.69. The van der Waals surface area contributed by atoms with Crippen LogP contribution in [0, 0.1) is 6.92 Å². The highest BCUT2D eigenvalue weighted by molar-refractivity contribution is 6.31. The van der Waals surface area contributed by atoms with E-state index in [2.05, 4.69) is 5.32 Å². The number of rotatable bonds is 6. The Balaban J connectivity index is 1.90. The van der Waals surface area contributed by atoms with Crippen LogP contribution in [-0.2, 0) is 9.53 Å². The molecular formula is C17H25ClN2O3. The molecule has 1 amide bonds. The van der Waals surface area contributed by atoms with Gasteiger partial charge in [0.05, 0.1) is 25.4 Å².